The van der Waals surface area contributed by atoms with Crippen molar-refractivity contribution in [2.45, 2.75) is 31.6 Å². The molecular formula is C15H14Cl2N2O. The van der Waals surface area contributed by atoms with E-state index < -0.39 is 0 Å². The van der Waals surface area contributed by atoms with Crippen LogP contribution in [-0.4, -0.2) is 9.97 Å². The molecule has 0 aliphatic heterocycles. The molecular weight excluding hydrogens is 295 g/mol. The monoisotopic (exact) mass is 308 g/mol. The zero-order chi connectivity index (χ0) is 14.1. The Morgan fingerprint density at radius 1 is 1.15 bits per heavy atom. The Morgan fingerprint density at radius 3 is 2.65 bits per heavy atom. The van der Waals surface area contributed by atoms with Crippen LogP contribution in [0.4, 0.5) is 0 Å². The van der Waals surface area contributed by atoms with Crippen molar-refractivity contribution in [3.63, 3.8) is 0 Å². The number of H-pyrrole nitrogens is 1. The highest BCUT2D eigenvalue weighted by atomic mass is 35.5. The lowest BCUT2D eigenvalue weighted by Crippen LogP contribution is -2.12. The molecule has 0 atom stereocenters. The number of rotatable bonds is 2. The van der Waals surface area contributed by atoms with Crippen molar-refractivity contribution in [2.24, 2.45) is 0 Å². The Balaban J connectivity index is 2.09. The molecule has 5 heteroatoms. The van der Waals surface area contributed by atoms with Gasteiger partial charge in [0.25, 0.3) is 5.56 Å². The first-order chi connectivity index (χ1) is 9.63. The second-order valence-electron chi connectivity index (χ2n) is 5.12. The standard InChI is InChI=1S/C15H14Cl2N2O/c16-10-5-6-12(17)11(7-10)15-18-13(8-14(20)19-15)9-3-1-2-4-9/h5-9H,1-4H2,(H,18,19,20). The third-order valence-electron chi connectivity index (χ3n) is 3.72. The number of halogens is 2. The summed E-state index contributed by atoms with van der Waals surface area (Å²) in [7, 11) is 0. The van der Waals surface area contributed by atoms with Crippen LogP contribution in [0.3, 0.4) is 0 Å². The molecule has 0 amide bonds. The predicted molar refractivity (Wildman–Crippen MR) is 81.5 cm³/mol. The molecule has 1 aromatic heterocycles. The molecule has 2 aromatic rings. The maximum Gasteiger partial charge on any atom is 0.251 e. The Bertz CT molecular complexity index is 691. The summed E-state index contributed by atoms with van der Waals surface area (Å²) < 4.78 is 0. The zero-order valence-corrected chi connectivity index (χ0v) is 12.3. The third-order valence-corrected chi connectivity index (χ3v) is 4.28. The van der Waals surface area contributed by atoms with Gasteiger partial charge in [-0.3, -0.25) is 4.79 Å². The summed E-state index contributed by atoms with van der Waals surface area (Å²) in [4.78, 5) is 19.2. The Kier molecular flexibility index (Phi) is 3.81. The van der Waals surface area contributed by atoms with Gasteiger partial charge in [0, 0.05) is 22.6 Å². The minimum Gasteiger partial charge on any atom is -0.306 e. The maximum absolute atomic E-state index is 11.9. The zero-order valence-electron chi connectivity index (χ0n) is 10.8. The predicted octanol–water partition coefficient (Wildman–Crippen LogP) is 4.40. The van der Waals surface area contributed by atoms with Crippen LogP contribution in [0.2, 0.25) is 10.0 Å². The summed E-state index contributed by atoms with van der Waals surface area (Å²) in [5, 5.41) is 1.10. The molecule has 20 heavy (non-hydrogen) atoms. The fourth-order valence-corrected chi connectivity index (χ4v) is 3.09. The van der Waals surface area contributed by atoms with Crippen molar-refractivity contribution < 1.29 is 0 Å². The molecule has 3 rings (SSSR count). The number of nitrogens with zero attached hydrogens (tertiary/aromatic N) is 1. The van der Waals surface area contributed by atoms with Gasteiger partial charge in [-0.2, -0.15) is 0 Å². The molecule has 0 spiro atoms. The van der Waals surface area contributed by atoms with E-state index >= 15 is 0 Å². The summed E-state index contributed by atoms with van der Waals surface area (Å²) >= 11 is 12.2. The Hall–Kier alpha value is -1.32. The SMILES string of the molecule is O=c1cc(C2CCCC2)nc(-c2cc(Cl)ccc2Cl)[nH]1. The molecule has 1 aliphatic rings. The maximum atomic E-state index is 11.9. The normalized spacial score (nSPS) is 15.7. The highest BCUT2D eigenvalue weighted by molar-refractivity contribution is 6.35. The minimum atomic E-state index is -0.145. The van der Waals surface area contributed by atoms with Gasteiger partial charge in [0.2, 0.25) is 0 Å². The number of benzene rings is 1. The van der Waals surface area contributed by atoms with Crippen LogP contribution in [0, 0.1) is 0 Å². The van der Waals surface area contributed by atoms with Crippen molar-refractivity contribution in [3.8, 4) is 11.4 Å². The van der Waals surface area contributed by atoms with Gasteiger partial charge in [0.05, 0.1) is 10.7 Å². The second kappa shape index (κ2) is 5.58. The summed E-state index contributed by atoms with van der Waals surface area (Å²) in [6.45, 7) is 0. The molecule has 0 unspecified atom stereocenters. The summed E-state index contributed by atoms with van der Waals surface area (Å²) in [6, 6.07) is 6.74. The van der Waals surface area contributed by atoms with Crippen molar-refractivity contribution in [1.29, 1.82) is 0 Å². The fourth-order valence-electron chi connectivity index (χ4n) is 2.71. The van der Waals surface area contributed by atoms with E-state index in [0.29, 0.717) is 27.4 Å². The van der Waals surface area contributed by atoms with Crippen molar-refractivity contribution >= 4 is 23.2 Å². The van der Waals surface area contributed by atoms with Crippen LogP contribution in [-0.2, 0) is 0 Å². The van der Waals surface area contributed by atoms with Gasteiger partial charge in [0.1, 0.15) is 5.82 Å². The molecule has 1 heterocycles. The van der Waals surface area contributed by atoms with Crippen LogP contribution < -0.4 is 5.56 Å². The van der Waals surface area contributed by atoms with Crippen molar-refractivity contribution in [2.75, 3.05) is 0 Å². The lowest BCUT2D eigenvalue weighted by molar-refractivity contribution is 0.693. The van der Waals surface area contributed by atoms with Crippen molar-refractivity contribution in [3.05, 3.63) is 50.4 Å². The van der Waals surface area contributed by atoms with Gasteiger partial charge < -0.3 is 4.98 Å². The van der Waals surface area contributed by atoms with E-state index in [1.54, 1.807) is 24.3 Å². The Morgan fingerprint density at radius 2 is 1.90 bits per heavy atom. The molecule has 0 bridgehead atoms. The number of nitrogens with one attached hydrogen (secondary N) is 1. The van der Waals surface area contributed by atoms with E-state index in [1.165, 1.54) is 12.8 Å². The number of hydrogen-bond donors (Lipinski definition) is 1. The Labute approximate surface area is 127 Å². The van der Waals surface area contributed by atoms with Gasteiger partial charge in [-0.05, 0) is 31.0 Å². The number of aromatic nitrogens is 2. The third kappa shape index (κ3) is 2.74. The summed E-state index contributed by atoms with van der Waals surface area (Å²) in [5.74, 6) is 0.876. The lowest BCUT2D eigenvalue weighted by atomic mass is 10.0. The highest BCUT2D eigenvalue weighted by Gasteiger charge is 2.20. The van der Waals surface area contributed by atoms with Crippen LogP contribution in [0.25, 0.3) is 11.4 Å². The molecule has 1 saturated carbocycles. The first-order valence-electron chi connectivity index (χ1n) is 6.70. The molecule has 3 nitrogen and oxygen atoms in total. The molecule has 1 aromatic carbocycles. The highest BCUT2D eigenvalue weighted by Crippen LogP contribution is 2.34. The number of hydrogen-bond acceptors (Lipinski definition) is 2. The second-order valence-corrected chi connectivity index (χ2v) is 5.97. The topological polar surface area (TPSA) is 45.8 Å². The smallest absolute Gasteiger partial charge is 0.251 e. The first-order valence-corrected chi connectivity index (χ1v) is 7.46. The van der Waals surface area contributed by atoms with Gasteiger partial charge >= 0.3 is 0 Å². The van der Waals surface area contributed by atoms with Crippen LogP contribution in [0.5, 0.6) is 0 Å². The molecule has 104 valence electrons. The van der Waals surface area contributed by atoms with E-state index in [0.717, 1.165) is 18.5 Å². The number of aromatic amines is 1. The van der Waals surface area contributed by atoms with Crippen LogP contribution in [0.1, 0.15) is 37.3 Å². The van der Waals surface area contributed by atoms with E-state index in [4.69, 9.17) is 23.2 Å². The van der Waals surface area contributed by atoms with Crippen molar-refractivity contribution in [1.82, 2.24) is 9.97 Å². The lowest BCUT2D eigenvalue weighted by Gasteiger charge is -2.10. The quantitative estimate of drug-likeness (QED) is 0.893. The van der Waals surface area contributed by atoms with Gasteiger partial charge in [-0.1, -0.05) is 36.0 Å². The average molecular weight is 309 g/mol. The fraction of sp³-hybridized carbons (Fsp3) is 0.333. The van der Waals surface area contributed by atoms with E-state index in [-0.39, 0.29) is 5.56 Å². The summed E-state index contributed by atoms with van der Waals surface area (Å²) in [5.41, 5.74) is 1.38. The molecule has 0 saturated heterocycles. The minimum absolute atomic E-state index is 0.145. The largest absolute Gasteiger partial charge is 0.306 e. The van der Waals surface area contributed by atoms with Crippen LogP contribution in [0.15, 0.2) is 29.1 Å². The molecule has 0 radical (unpaired) electrons. The molecule has 1 fully saturated rings. The molecule has 1 N–H and O–H groups in total. The van der Waals surface area contributed by atoms with E-state index in [2.05, 4.69) is 9.97 Å². The van der Waals surface area contributed by atoms with E-state index in [9.17, 15) is 4.79 Å². The van der Waals surface area contributed by atoms with Gasteiger partial charge in [0.15, 0.2) is 0 Å². The van der Waals surface area contributed by atoms with Gasteiger partial charge in [-0.25, -0.2) is 4.98 Å². The van der Waals surface area contributed by atoms with Crippen LogP contribution >= 0.6 is 23.2 Å². The van der Waals surface area contributed by atoms with E-state index in [1.807, 2.05) is 0 Å². The summed E-state index contributed by atoms with van der Waals surface area (Å²) in [6.07, 6.45) is 4.59. The average Bonchev–Trinajstić information content (AvgIpc) is 2.95. The molecule has 1 aliphatic carbocycles. The first kappa shape index (κ1) is 13.7. The van der Waals surface area contributed by atoms with Gasteiger partial charge in [-0.15, -0.1) is 0 Å².